The standard InChI is InChI=1S/C18H23N3O2/c1-4-8-16-13(2)20-21(14(16)3)18(23)12-11-17(22)19-15-9-6-5-7-10-15/h5-7,9-10H,4,8,11-12H2,1-3H3,(H,19,22). The van der Waals surface area contributed by atoms with Crippen molar-refractivity contribution in [3.63, 3.8) is 0 Å². The normalized spacial score (nSPS) is 10.6. The minimum atomic E-state index is -0.167. The molecule has 2 rings (SSSR count). The fourth-order valence-corrected chi connectivity index (χ4v) is 2.60. The Labute approximate surface area is 136 Å². The van der Waals surface area contributed by atoms with E-state index in [0.717, 1.165) is 35.5 Å². The number of aryl methyl sites for hydroxylation is 1. The van der Waals surface area contributed by atoms with E-state index in [0.29, 0.717) is 0 Å². The molecule has 0 unspecified atom stereocenters. The number of rotatable bonds is 6. The van der Waals surface area contributed by atoms with E-state index in [4.69, 9.17) is 0 Å². The molecule has 1 amide bonds. The zero-order valence-corrected chi connectivity index (χ0v) is 13.9. The highest BCUT2D eigenvalue weighted by Gasteiger charge is 2.16. The molecule has 1 aromatic heterocycles. The third kappa shape index (κ3) is 4.28. The molecule has 2 aromatic rings. The van der Waals surface area contributed by atoms with Gasteiger partial charge in [0.2, 0.25) is 11.8 Å². The maximum atomic E-state index is 12.3. The number of amides is 1. The summed E-state index contributed by atoms with van der Waals surface area (Å²) >= 11 is 0. The lowest BCUT2D eigenvalue weighted by molar-refractivity contribution is -0.116. The summed E-state index contributed by atoms with van der Waals surface area (Å²) in [5, 5.41) is 7.11. The minimum Gasteiger partial charge on any atom is -0.326 e. The van der Waals surface area contributed by atoms with Crippen LogP contribution in [0.4, 0.5) is 5.69 Å². The van der Waals surface area contributed by atoms with Crippen LogP contribution >= 0.6 is 0 Å². The molecule has 0 aliphatic carbocycles. The van der Waals surface area contributed by atoms with Crippen LogP contribution in [0.1, 0.15) is 47.9 Å². The Morgan fingerprint density at radius 3 is 2.48 bits per heavy atom. The molecular formula is C18H23N3O2. The van der Waals surface area contributed by atoms with E-state index in [1.54, 1.807) is 0 Å². The average molecular weight is 313 g/mol. The molecule has 0 aliphatic rings. The quantitative estimate of drug-likeness (QED) is 0.887. The second-order valence-corrected chi connectivity index (χ2v) is 5.62. The molecular weight excluding hydrogens is 290 g/mol. The van der Waals surface area contributed by atoms with Crippen LogP contribution in [0, 0.1) is 13.8 Å². The second-order valence-electron chi connectivity index (χ2n) is 5.62. The molecule has 1 heterocycles. The number of anilines is 1. The number of nitrogens with one attached hydrogen (secondary N) is 1. The van der Waals surface area contributed by atoms with E-state index in [1.165, 1.54) is 4.68 Å². The highest BCUT2D eigenvalue weighted by atomic mass is 16.2. The largest absolute Gasteiger partial charge is 0.326 e. The molecule has 1 aromatic carbocycles. The molecule has 0 saturated carbocycles. The molecule has 0 saturated heterocycles. The van der Waals surface area contributed by atoms with Crippen LogP contribution < -0.4 is 5.32 Å². The summed E-state index contributed by atoms with van der Waals surface area (Å²) in [4.78, 5) is 24.2. The first-order chi connectivity index (χ1) is 11.0. The van der Waals surface area contributed by atoms with Crippen LogP contribution in [-0.2, 0) is 11.2 Å². The van der Waals surface area contributed by atoms with E-state index < -0.39 is 0 Å². The van der Waals surface area contributed by atoms with Gasteiger partial charge in [-0.2, -0.15) is 5.10 Å². The molecule has 0 atom stereocenters. The zero-order valence-electron chi connectivity index (χ0n) is 13.9. The second kappa shape index (κ2) is 7.72. The lowest BCUT2D eigenvalue weighted by Crippen LogP contribution is -2.18. The van der Waals surface area contributed by atoms with Gasteiger partial charge in [-0.05, 0) is 38.0 Å². The zero-order chi connectivity index (χ0) is 16.8. The summed E-state index contributed by atoms with van der Waals surface area (Å²) in [7, 11) is 0. The third-order valence-corrected chi connectivity index (χ3v) is 3.80. The van der Waals surface area contributed by atoms with Gasteiger partial charge in [-0.25, -0.2) is 4.68 Å². The molecule has 122 valence electrons. The Morgan fingerprint density at radius 1 is 1.13 bits per heavy atom. The van der Waals surface area contributed by atoms with Crippen molar-refractivity contribution in [1.82, 2.24) is 9.78 Å². The third-order valence-electron chi connectivity index (χ3n) is 3.80. The maximum Gasteiger partial charge on any atom is 0.247 e. The fraction of sp³-hybridized carbons (Fsp3) is 0.389. The topological polar surface area (TPSA) is 64.0 Å². The van der Waals surface area contributed by atoms with Crippen molar-refractivity contribution >= 4 is 17.5 Å². The first-order valence-corrected chi connectivity index (χ1v) is 7.96. The molecule has 0 bridgehead atoms. The number of para-hydroxylation sites is 1. The molecule has 0 aliphatic heterocycles. The van der Waals surface area contributed by atoms with Gasteiger partial charge < -0.3 is 5.32 Å². The Balaban J connectivity index is 1.95. The Hall–Kier alpha value is -2.43. The predicted octanol–water partition coefficient (Wildman–Crippen LogP) is 3.51. The average Bonchev–Trinajstić information content (AvgIpc) is 2.82. The van der Waals surface area contributed by atoms with Gasteiger partial charge in [0, 0.05) is 24.2 Å². The van der Waals surface area contributed by atoms with Crippen molar-refractivity contribution in [3.05, 3.63) is 47.3 Å². The van der Waals surface area contributed by atoms with E-state index in [1.807, 2.05) is 44.2 Å². The molecule has 5 heteroatoms. The van der Waals surface area contributed by atoms with Gasteiger partial charge in [0.25, 0.3) is 0 Å². The fourth-order valence-electron chi connectivity index (χ4n) is 2.60. The maximum absolute atomic E-state index is 12.3. The van der Waals surface area contributed by atoms with Crippen LogP contribution in [0.5, 0.6) is 0 Å². The summed E-state index contributed by atoms with van der Waals surface area (Å²) in [6.07, 6.45) is 2.22. The van der Waals surface area contributed by atoms with Gasteiger partial charge in [0.05, 0.1) is 5.69 Å². The van der Waals surface area contributed by atoms with E-state index in [9.17, 15) is 9.59 Å². The van der Waals surface area contributed by atoms with Gasteiger partial charge in [-0.1, -0.05) is 31.5 Å². The molecule has 1 N–H and O–H groups in total. The minimum absolute atomic E-state index is 0.142. The summed E-state index contributed by atoms with van der Waals surface area (Å²) < 4.78 is 1.44. The van der Waals surface area contributed by atoms with Crippen LogP contribution in [0.25, 0.3) is 0 Å². The van der Waals surface area contributed by atoms with Gasteiger partial charge >= 0.3 is 0 Å². The van der Waals surface area contributed by atoms with E-state index >= 15 is 0 Å². The molecule has 23 heavy (non-hydrogen) atoms. The Morgan fingerprint density at radius 2 is 1.83 bits per heavy atom. The summed E-state index contributed by atoms with van der Waals surface area (Å²) in [5.74, 6) is -0.309. The van der Waals surface area contributed by atoms with Crippen LogP contribution in [0.2, 0.25) is 0 Å². The van der Waals surface area contributed by atoms with Gasteiger partial charge in [0.15, 0.2) is 0 Å². The predicted molar refractivity (Wildman–Crippen MR) is 90.6 cm³/mol. The summed E-state index contributed by atoms with van der Waals surface area (Å²) in [6.45, 7) is 5.93. The molecule has 5 nitrogen and oxygen atoms in total. The number of aromatic nitrogens is 2. The number of carbonyl (C=O) groups is 2. The van der Waals surface area contributed by atoms with Crippen molar-refractivity contribution in [2.75, 3.05) is 5.32 Å². The van der Waals surface area contributed by atoms with E-state index in [-0.39, 0.29) is 24.7 Å². The van der Waals surface area contributed by atoms with Crippen LogP contribution in [-0.4, -0.2) is 21.6 Å². The summed E-state index contributed by atoms with van der Waals surface area (Å²) in [5.41, 5.74) is 3.65. The smallest absolute Gasteiger partial charge is 0.247 e. The van der Waals surface area contributed by atoms with Crippen LogP contribution in [0.3, 0.4) is 0 Å². The molecule has 0 fully saturated rings. The number of carbonyl (C=O) groups excluding carboxylic acids is 2. The monoisotopic (exact) mass is 313 g/mol. The SMILES string of the molecule is CCCc1c(C)nn(C(=O)CCC(=O)Nc2ccccc2)c1C. The van der Waals surface area contributed by atoms with Crippen molar-refractivity contribution < 1.29 is 9.59 Å². The van der Waals surface area contributed by atoms with Crippen molar-refractivity contribution in [3.8, 4) is 0 Å². The van der Waals surface area contributed by atoms with Gasteiger partial charge in [0.1, 0.15) is 0 Å². The van der Waals surface area contributed by atoms with E-state index in [2.05, 4.69) is 17.3 Å². The Kier molecular flexibility index (Phi) is 5.68. The molecule has 0 radical (unpaired) electrons. The summed E-state index contributed by atoms with van der Waals surface area (Å²) in [6, 6.07) is 9.23. The Bertz CT molecular complexity index is 690. The lowest BCUT2D eigenvalue weighted by atomic mass is 10.1. The van der Waals surface area contributed by atoms with Gasteiger partial charge in [-0.15, -0.1) is 0 Å². The first kappa shape index (κ1) is 16.9. The first-order valence-electron chi connectivity index (χ1n) is 7.96. The number of benzene rings is 1. The highest BCUT2D eigenvalue weighted by Crippen LogP contribution is 2.16. The van der Waals surface area contributed by atoms with Crippen molar-refractivity contribution in [2.24, 2.45) is 0 Å². The van der Waals surface area contributed by atoms with Crippen molar-refractivity contribution in [2.45, 2.75) is 46.5 Å². The van der Waals surface area contributed by atoms with Gasteiger partial charge in [-0.3, -0.25) is 9.59 Å². The lowest BCUT2D eigenvalue weighted by Gasteiger charge is -2.06. The highest BCUT2D eigenvalue weighted by molar-refractivity contribution is 5.93. The number of nitrogens with zero attached hydrogens (tertiary/aromatic N) is 2. The van der Waals surface area contributed by atoms with Crippen molar-refractivity contribution in [1.29, 1.82) is 0 Å². The van der Waals surface area contributed by atoms with Crippen LogP contribution in [0.15, 0.2) is 30.3 Å². The number of hydrogen-bond acceptors (Lipinski definition) is 3. The molecule has 0 spiro atoms. The number of hydrogen-bond donors (Lipinski definition) is 1.